The summed E-state index contributed by atoms with van der Waals surface area (Å²) >= 11 is 0. The topological polar surface area (TPSA) is 44.6 Å². The van der Waals surface area contributed by atoms with Crippen LogP contribution >= 0.6 is 0 Å². The van der Waals surface area contributed by atoms with Gasteiger partial charge in [-0.1, -0.05) is 47.6 Å². The standard InChI is InChI=1S/C14H12N2.Y/c1-9-3-6-11(7-4-9)12-8-5-10(2)13(15)14(12)16;/h3-8H,1-2H3;/q-2;. The molecule has 1 aliphatic carbocycles. The molecule has 0 amide bonds. The number of nitrogens with zero attached hydrogens (tertiary/aromatic N) is 2. The molecule has 0 fully saturated rings. The molecule has 17 heavy (non-hydrogen) atoms. The van der Waals surface area contributed by atoms with Crippen molar-refractivity contribution < 1.29 is 32.7 Å². The molecule has 0 aromatic heterocycles. The molecule has 1 aromatic rings. The van der Waals surface area contributed by atoms with E-state index in [2.05, 4.69) is 0 Å². The Morgan fingerprint density at radius 2 is 1.41 bits per heavy atom. The van der Waals surface area contributed by atoms with E-state index in [-0.39, 0.29) is 44.1 Å². The molecule has 3 heteroatoms. The Kier molecular flexibility index (Phi) is 4.73. The van der Waals surface area contributed by atoms with E-state index in [9.17, 15) is 10.8 Å². The first-order valence-electron chi connectivity index (χ1n) is 5.18. The molecule has 0 aliphatic heterocycles. The van der Waals surface area contributed by atoms with Crippen molar-refractivity contribution in [2.45, 2.75) is 13.8 Å². The summed E-state index contributed by atoms with van der Waals surface area (Å²) in [6, 6.07) is 7.82. The summed E-state index contributed by atoms with van der Waals surface area (Å²) in [6.07, 6.45) is 3.61. The van der Waals surface area contributed by atoms with Crippen LogP contribution in [-0.4, -0.2) is 11.4 Å². The van der Waals surface area contributed by atoms with Gasteiger partial charge in [0, 0.05) is 32.7 Å². The van der Waals surface area contributed by atoms with Gasteiger partial charge in [-0.3, -0.25) is 0 Å². The second-order valence-corrected chi connectivity index (χ2v) is 3.99. The molecule has 0 saturated heterocycles. The molecule has 1 radical (unpaired) electrons. The van der Waals surface area contributed by atoms with Crippen LogP contribution in [0.4, 0.5) is 0 Å². The second kappa shape index (κ2) is 5.66. The van der Waals surface area contributed by atoms with E-state index >= 15 is 0 Å². The first-order chi connectivity index (χ1) is 7.59. The zero-order valence-electron chi connectivity index (χ0n) is 9.94. The molecule has 2 rings (SSSR count). The SMILES string of the molecule is CC1=CC=C(c2ccc(C)cc2)C(=[N-])C1=[N-].[Y]. The van der Waals surface area contributed by atoms with Gasteiger partial charge in [0.15, 0.2) is 0 Å². The Balaban J connectivity index is 0.00000144. The third-order valence-electron chi connectivity index (χ3n) is 2.72. The average Bonchev–Trinajstić information content (AvgIpc) is 2.28. The fourth-order valence-electron chi connectivity index (χ4n) is 1.65. The van der Waals surface area contributed by atoms with Crippen LogP contribution in [-0.2, 0) is 32.7 Å². The Morgan fingerprint density at radius 1 is 0.824 bits per heavy atom. The van der Waals surface area contributed by atoms with Crippen molar-refractivity contribution in [2.24, 2.45) is 0 Å². The van der Waals surface area contributed by atoms with E-state index in [0.29, 0.717) is 11.1 Å². The summed E-state index contributed by atoms with van der Waals surface area (Å²) in [5.74, 6) is 0. The maximum absolute atomic E-state index is 9.85. The zero-order chi connectivity index (χ0) is 11.7. The van der Waals surface area contributed by atoms with Gasteiger partial charge in [0.2, 0.25) is 0 Å². The predicted octanol–water partition coefficient (Wildman–Crippen LogP) is 3.36. The largest absolute Gasteiger partial charge is 0.805 e. The van der Waals surface area contributed by atoms with Crippen LogP contribution in [0.25, 0.3) is 16.4 Å². The van der Waals surface area contributed by atoms with Gasteiger partial charge < -0.3 is 10.8 Å². The third-order valence-corrected chi connectivity index (χ3v) is 2.72. The number of benzene rings is 1. The molecule has 0 N–H and O–H groups in total. The normalized spacial score (nSPS) is 14.9. The van der Waals surface area contributed by atoms with E-state index in [4.69, 9.17) is 0 Å². The molecule has 1 aliphatic rings. The minimum Gasteiger partial charge on any atom is -0.805 e. The van der Waals surface area contributed by atoms with Gasteiger partial charge >= 0.3 is 0 Å². The van der Waals surface area contributed by atoms with Crippen molar-refractivity contribution >= 4 is 17.0 Å². The Bertz CT molecular complexity index is 522. The molecule has 0 spiro atoms. The summed E-state index contributed by atoms with van der Waals surface area (Å²) < 4.78 is 0. The molecular weight excluding hydrogens is 285 g/mol. The van der Waals surface area contributed by atoms with Crippen LogP contribution in [0.15, 0.2) is 42.0 Å². The first kappa shape index (κ1) is 14.2. The van der Waals surface area contributed by atoms with Gasteiger partial charge in [0.1, 0.15) is 0 Å². The first-order valence-corrected chi connectivity index (χ1v) is 5.18. The Morgan fingerprint density at radius 3 is 2.00 bits per heavy atom. The van der Waals surface area contributed by atoms with E-state index < -0.39 is 0 Å². The second-order valence-electron chi connectivity index (χ2n) is 3.99. The number of hydrogen-bond donors (Lipinski definition) is 0. The van der Waals surface area contributed by atoms with Gasteiger partial charge in [-0.25, -0.2) is 0 Å². The summed E-state index contributed by atoms with van der Waals surface area (Å²) in [4.78, 5) is 0. The van der Waals surface area contributed by atoms with E-state index in [1.54, 1.807) is 13.0 Å². The summed E-state index contributed by atoms with van der Waals surface area (Å²) in [5.41, 5.74) is 3.30. The van der Waals surface area contributed by atoms with Crippen LogP contribution in [0.3, 0.4) is 0 Å². The summed E-state index contributed by atoms with van der Waals surface area (Å²) in [7, 11) is 0. The van der Waals surface area contributed by atoms with Gasteiger partial charge in [0.05, 0.1) is 0 Å². The Labute approximate surface area is 127 Å². The van der Waals surface area contributed by atoms with Crippen LogP contribution < -0.4 is 0 Å². The fraction of sp³-hybridized carbons (Fsp3) is 0.143. The maximum atomic E-state index is 9.85. The summed E-state index contributed by atoms with van der Waals surface area (Å²) in [6.45, 7) is 3.77. The van der Waals surface area contributed by atoms with E-state index in [1.807, 2.05) is 37.3 Å². The van der Waals surface area contributed by atoms with Crippen LogP contribution in [0.5, 0.6) is 0 Å². The average molecular weight is 297 g/mol. The van der Waals surface area contributed by atoms with Gasteiger partial charge in [-0.2, -0.15) is 11.4 Å². The van der Waals surface area contributed by atoms with Gasteiger partial charge in [0.25, 0.3) is 0 Å². The smallest absolute Gasteiger partial charge is 0 e. The monoisotopic (exact) mass is 297 g/mol. The maximum Gasteiger partial charge on any atom is 0 e. The number of aryl methyl sites for hydroxylation is 1. The predicted molar refractivity (Wildman–Crippen MR) is 69.6 cm³/mol. The van der Waals surface area contributed by atoms with Crippen molar-refractivity contribution in [3.8, 4) is 0 Å². The molecule has 0 atom stereocenters. The van der Waals surface area contributed by atoms with Crippen molar-refractivity contribution in [1.29, 1.82) is 0 Å². The van der Waals surface area contributed by atoms with Crippen LogP contribution in [0.2, 0.25) is 0 Å². The summed E-state index contributed by atoms with van der Waals surface area (Å²) in [5, 5.41) is 19.5. The Hall–Kier alpha value is -0.856. The minimum absolute atomic E-state index is 0. The van der Waals surface area contributed by atoms with Crippen LogP contribution in [0.1, 0.15) is 18.1 Å². The quantitative estimate of drug-likeness (QED) is 0.714. The van der Waals surface area contributed by atoms with Gasteiger partial charge in [-0.05, 0) is 25.0 Å². The molecule has 0 bridgehead atoms. The molecule has 2 nitrogen and oxygen atoms in total. The minimum atomic E-state index is -0.0520. The number of rotatable bonds is 1. The molecule has 83 valence electrons. The number of hydrogen-bond acceptors (Lipinski definition) is 0. The molecule has 1 aromatic carbocycles. The van der Waals surface area contributed by atoms with Crippen molar-refractivity contribution in [1.82, 2.24) is 0 Å². The third kappa shape index (κ3) is 2.88. The van der Waals surface area contributed by atoms with E-state index in [0.717, 1.165) is 5.56 Å². The van der Waals surface area contributed by atoms with Crippen molar-refractivity contribution in [3.63, 3.8) is 0 Å². The number of allylic oxidation sites excluding steroid dienone is 4. The zero-order valence-corrected chi connectivity index (χ0v) is 12.8. The van der Waals surface area contributed by atoms with Crippen LogP contribution in [0, 0.1) is 6.92 Å². The molecular formula is C14H12N2Y-2. The van der Waals surface area contributed by atoms with Crippen molar-refractivity contribution in [3.05, 3.63) is 63.9 Å². The van der Waals surface area contributed by atoms with E-state index in [1.165, 1.54) is 5.56 Å². The fourth-order valence-corrected chi connectivity index (χ4v) is 1.65. The molecule has 0 saturated carbocycles. The molecule has 0 unspecified atom stereocenters. The van der Waals surface area contributed by atoms with Gasteiger partial charge in [-0.15, -0.1) is 0 Å². The van der Waals surface area contributed by atoms with Crippen molar-refractivity contribution in [2.75, 3.05) is 0 Å². The molecule has 0 heterocycles.